The largest absolute Gasteiger partial charge is 0.444 e. The van der Waals surface area contributed by atoms with Crippen molar-refractivity contribution < 1.29 is 19.1 Å². The molecule has 1 fully saturated rings. The Morgan fingerprint density at radius 2 is 1.86 bits per heavy atom. The van der Waals surface area contributed by atoms with Crippen molar-refractivity contribution in [3.63, 3.8) is 0 Å². The van der Waals surface area contributed by atoms with Crippen LogP contribution >= 0.6 is 0 Å². The van der Waals surface area contributed by atoms with Crippen LogP contribution < -0.4 is 10.6 Å². The number of para-hydroxylation sites is 1. The summed E-state index contributed by atoms with van der Waals surface area (Å²) < 4.78 is 5.27. The lowest BCUT2D eigenvalue weighted by molar-refractivity contribution is -0.143. The van der Waals surface area contributed by atoms with E-state index < -0.39 is 17.7 Å². The van der Waals surface area contributed by atoms with Crippen molar-refractivity contribution in [3.05, 3.63) is 71.8 Å². The first-order chi connectivity index (χ1) is 16.6. The van der Waals surface area contributed by atoms with Gasteiger partial charge in [-0.25, -0.2) is 4.79 Å². The zero-order valence-corrected chi connectivity index (χ0v) is 21.0. The van der Waals surface area contributed by atoms with Gasteiger partial charge in [0.15, 0.2) is 0 Å². The van der Waals surface area contributed by atoms with Crippen LogP contribution in [0.1, 0.15) is 62.8 Å². The Morgan fingerprint density at radius 3 is 2.46 bits per heavy atom. The smallest absolute Gasteiger partial charge is 0.408 e. The van der Waals surface area contributed by atoms with E-state index in [1.807, 2.05) is 55.5 Å². The van der Waals surface area contributed by atoms with Gasteiger partial charge in [0.25, 0.3) is 5.91 Å². The number of aryl methyl sites for hydroxylation is 1. The number of nitrogens with one attached hydrogen (secondary N) is 2. The topological polar surface area (TPSA) is 87.7 Å². The molecule has 1 aliphatic rings. The molecule has 0 spiro atoms. The number of amides is 3. The van der Waals surface area contributed by atoms with Crippen LogP contribution in [0.3, 0.4) is 0 Å². The van der Waals surface area contributed by atoms with Gasteiger partial charge >= 0.3 is 6.09 Å². The first-order valence-corrected chi connectivity index (χ1v) is 12.0. The molecule has 3 rings (SSSR count). The molecule has 0 aromatic heterocycles. The maximum atomic E-state index is 13.7. The number of alkyl carbamates (subject to hydrolysis) is 1. The van der Waals surface area contributed by atoms with Gasteiger partial charge < -0.3 is 20.3 Å². The lowest BCUT2D eigenvalue weighted by atomic mass is 9.88. The summed E-state index contributed by atoms with van der Waals surface area (Å²) in [5.41, 5.74) is 2.47. The molecule has 2 N–H and O–H groups in total. The van der Waals surface area contributed by atoms with E-state index in [-0.39, 0.29) is 24.4 Å². The van der Waals surface area contributed by atoms with Gasteiger partial charge in [-0.1, -0.05) is 49.1 Å². The van der Waals surface area contributed by atoms with Crippen LogP contribution in [0.2, 0.25) is 0 Å². The van der Waals surface area contributed by atoms with E-state index in [0.717, 1.165) is 30.4 Å². The van der Waals surface area contributed by atoms with Crippen molar-refractivity contribution in [2.24, 2.45) is 0 Å². The molecule has 0 saturated heterocycles. The highest BCUT2D eigenvalue weighted by Gasteiger charge is 2.39. The van der Waals surface area contributed by atoms with Crippen molar-refractivity contribution in [2.75, 3.05) is 11.9 Å². The first-order valence-electron chi connectivity index (χ1n) is 12.0. The molecule has 7 nitrogen and oxygen atoms in total. The third-order valence-electron chi connectivity index (χ3n) is 5.93. The third kappa shape index (κ3) is 6.94. The Morgan fingerprint density at radius 1 is 1.14 bits per heavy atom. The van der Waals surface area contributed by atoms with E-state index in [0.29, 0.717) is 11.3 Å². The normalized spacial score (nSPS) is 14.3. The van der Waals surface area contributed by atoms with E-state index in [1.54, 1.807) is 31.7 Å². The summed E-state index contributed by atoms with van der Waals surface area (Å²) in [6.07, 6.45) is 3.61. The second-order valence-corrected chi connectivity index (χ2v) is 9.82. The predicted molar refractivity (Wildman–Crippen MR) is 138 cm³/mol. The molecule has 0 aliphatic heterocycles. The van der Waals surface area contributed by atoms with Crippen LogP contribution in [0.4, 0.5) is 10.5 Å². The van der Waals surface area contributed by atoms with Gasteiger partial charge in [-0.15, -0.1) is 0 Å². The first kappa shape index (κ1) is 26.0. The van der Waals surface area contributed by atoms with Crippen LogP contribution in [0.25, 0.3) is 6.08 Å². The molecular formula is C28H35N3O4. The Hall–Kier alpha value is -3.61. The summed E-state index contributed by atoms with van der Waals surface area (Å²) >= 11 is 0. The van der Waals surface area contributed by atoms with Gasteiger partial charge in [-0.05, 0) is 75.8 Å². The average Bonchev–Trinajstić information content (AvgIpc) is 2.76. The van der Waals surface area contributed by atoms with Gasteiger partial charge in [0, 0.05) is 11.7 Å². The minimum Gasteiger partial charge on any atom is -0.444 e. The number of benzene rings is 2. The number of nitrogens with zero attached hydrogens (tertiary/aromatic N) is 1. The third-order valence-corrected chi connectivity index (χ3v) is 5.93. The second-order valence-electron chi connectivity index (χ2n) is 9.82. The Balaban J connectivity index is 1.93. The van der Waals surface area contributed by atoms with E-state index in [4.69, 9.17) is 4.74 Å². The molecule has 1 saturated carbocycles. The molecule has 0 radical (unpaired) electrons. The molecule has 35 heavy (non-hydrogen) atoms. The number of ether oxygens (including phenoxy) is 1. The average molecular weight is 478 g/mol. The summed E-state index contributed by atoms with van der Waals surface area (Å²) in [4.78, 5) is 41.0. The van der Waals surface area contributed by atoms with Gasteiger partial charge in [0.1, 0.15) is 18.2 Å². The van der Waals surface area contributed by atoms with Crippen molar-refractivity contribution in [3.8, 4) is 0 Å². The number of carbonyl (C=O) groups is 3. The highest BCUT2D eigenvalue weighted by atomic mass is 16.6. The molecule has 2 aromatic carbocycles. The highest BCUT2D eigenvalue weighted by Crippen LogP contribution is 2.34. The van der Waals surface area contributed by atoms with Crippen LogP contribution in [0.5, 0.6) is 0 Å². The molecule has 2 aromatic rings. The zero-order chi connectivity index (χ0) is 25.6. The van der Waals surface area contributed by atoms with Gasteiger partial charge in [0.05, 0.1) is 0 Å². The lowest BCUT2D eigenvalue weighted by Crippen LogP contribution is -2.53. The molecule has 1 unspecified atom stereocenters. The van der Waals surface area contributed by atoms with Gasteiger partial charge in [0.2, 0.25) is 5.91 Å². The Labute approximate surface area is 207 Å². The van der Waals surface area contributed by atoms with E-state index in [1.165, 1.54) is 0 Å². The number of hydrogen-bond acceptors (Lipinski definition) is 4. The standard InChI is InChI=1S/C28H35N3O4/c1-6-20-12-9-13-21(17-20)25(26(33)30-23-16-8-7-11-19(23)2)31(22-14-10-15-22)24(32)18-29-27(34)35-28(3,4)5/h6-9,11-13,16-17,22,25H,1,10,14-15,18H2,2-5H3,(H,29,34)(H,30,33). The SMILES string of the molecule is C=Cc1cccc(C(C(=O)Nc2ccccc2C)N(C(=O)CNC(=O)OC(C)(C)C)C2CCC2)c1. The summed E-state index contributed by atoms with van der Waals surface area (Å²) in [6, 6.07) is 14.0. The van der Waals surface area contributed by atoms with Gasteiger partial charge in [-0.2, -0.15) is 0 Å². The Kier molecular flexibility index (Phi) is 8.33. The summed E-state index contributed by atoms with van der Waals surface area (Å²) in [5.74, 6) is -0.646. The van der Waals surface area contributed by atoms with Crippen LogP contribution in [-0.4, -0.2) is 41.0 Å². The van der Waals surface area contributed by atoms with Crippen molar-refractivity contribution >= 4 is 29.7 Å². The van der Waals surface area contributed by atoms with Crippen LogP contribution in [0, 0.1) is 6.92 Å². The molecule has 186 valence electrons. The quantitative estimate of drug-likeness (QED) is 0.545. The van der Waals surface area contributed by atoms with Gasteiger partial charge in [-0.3, -0.25) is 9.59 Å². The molecule has 1 atom stereocenters. The molecule has 1 aliphatic carbocycles. The number of carbonyl (C=O) groups excluding carboxylic acids is 3. The highest BCUT2D eigenvalue weighted by molar-refractivity contribution is 5.99. The summed E-state index contributed by atoms with van der Waals surface area (Å²) in [7, 11) is 0. The van der Waals surface area contributed by atoms with Crippen molar-refractivity contribution in [1.82, 2.24) is 10.2 Å². The van der Waals surface area contributed by atoms with Crippen molar-refractivity contribution in [1.29, 1.82) is 0 Å². The summed E-state index contributed by atoms with van der Waals surface area (Å²) in [5, 5.41) is 5.56. The molecule has 7 heteroatoms. The van der Waals surface area contributed by atoms with Crippen LogP contribution in [-0.2, 0) is 14.3 Å². The fourth-order valence-corrected chi connectivity index (χ4v) is 3.99. The molecule has 3 amide bonds. The second kappa shape index (κ2) is 11.2. The predicted octanol–water partition coefficient (Wildman–Crippen LogP) is 5.22. The number of anilines is 1. The molecule has 0 heterocycles. The van der Waals surface area contributed by atoms with E-state index in [9.17, 15) is 14.4 Å². The minimum atomic E-state index is -0.868. The fourth-order valence-electron chi connectivity index (χ4n) is 3.99. The molecule has 0 bridgehead atoms. The molecular weight excluding hydrogens is 442 g/mol. The maximum Gasteiger partial charge on any atom is 0.408 e. The minimum absolute atomic E-state index is 0.0945. The number of rotatable bonds is 8. The number of hydrogen-bond donors (Lipinski definition) is 2. The summed E-state index contributed by atoms with van der Waals surface area (Å²) in [6.45, 7) is 10.8. The fraction of sp³-hybridized carbons (Fsp3) is 0.393. The van der Waals surface area contributed by atoms with E-state index in [2.05, 4.69) is 17.2 Å². The lowest BCUT2D eigenvalue weighted by Gasteiger charge is -2.42. The zero-order valence-electron chi connectivity index (χ0n) is 21.0. The van der Waals surface area contributed by atoms with E-state index >= 15 is 0 Å². The van der Waals surface area contributed by atoms with Crippen molar-refractivity contribution in [2.45, 2.75) is 64.6 Å². The Bertz CT molecular complexity index is 1090. The maximum absolute atomic E-state index is 13.7. The van der Waals surface area contributed by atoms with Crippen LogP contribution in [0.15, 0.2) is 55.1 Å². The monoisotopic (exact) mass is 477 g/mol.